The number of H-pyrrole nitrogens is 1. The fourth-order valence-corrected chi connectivity index (χ4v) is 3.11. The highest BCUT2D eigenvalue weighted by Gasteiger charge is 2.17. The number of aliphatic hydroxyl groups is 1. The molecule has 0 fully saturated rings. The van der Waals surface area contributed by atoms with Gasteiger partial charge >= 0.3 is 0 Å². The fraction of sp³-hybridized carbons (Fsp3) is 0.238. The van der Waals surface area contributed by atoms with Crippen LogP contribution in [0.5, 0.6) is 0 Å². The predicted octanol–water partition coefficient (Wildman–Crippen LogP) is 3.51. The number of carbonyl (C=O) groups is 1. The van der Waals surface area contributed by atoms with Gasteiger partial charge < -0.3 is 15.0 Å². The second kappa shape index (κ2) is 8.37. The summed E-state index contributed by atoms with van der Waals surface area (Å²) in [7, 11) is 0. The van der Waals surface area contributed by atoms with E-state index in [9.17, 15) is 14.7 Å². The topological polar surface area (TPSA) is 73.4 Å². The van der Waals surface area contributed by atoms with Gasteiger partial charge in [0.25, 0.3) is 11.5 Å². The number of aromatic amines is 1. The number of aryl methyl sites for hydroxylation is 1. The molecule has 2 aromatic carbocycles. The van der Waals surface area contributed by atoms with Crippen molar-refractivity contribution in [3.63, 3.8) is 0 Å². The number of aromatic nitrogens is 1. The monoisotopic (exact) mass is 384 g/mol. The van der Waals surface area contributed by atoms with Crippen molar-refractivity contribution < 1.29 is 9.90 Å². The number of carbonyl (C=O) groups excluding carboxylic acids is 1. The number of fused-ring (bicyclic) bond motifs is 1. The Labute approximate surface area is 162 Å². The Balaban J connectivity index is 1.93. The van der Waals surface area contributed by atoms with Crippen LogP contribution in [0.15, 0.2) is 53.3 Å². The summed E-state index contributed by atoms with van der Waals surface area (Å²) < 4.78 is 0. The molecule has 3 rings (SSSR count). The summed E-state index contributed by atoms with van der Waals surface area (Å²) in [6.07, 6.45) is 0.434. The standard InChI is InChI=1S/C21H21ClN2O3/c1-14-3-8-19-16(11-14)12-17(20(26)23-19)13-24(9-2-10-25)21(27)15-4-6-18(22)7-5-15/h3-8,11-12,25H,2,9-10,13H2,1H3,(H,23,26). The molecule has 3 aromatic rings. The van der Waals surface area contributed by atoms with Crippen molar-refractivity contribution in [1.82, 2.24) is 9.88 Å². The molecule has 140 valence electrons. The molecule has 0 radical (unpaired) electrons. The van der Waals surface area contributed by atoms with Crippen LogP contribution in [-0.2, 0) is 6.54 Å². The minimum Gasteiger partial charge on any atom is -0.396 e. The molecule has 0 atom stereocenters. The van der Waals surface area contributed by atoms with Crippen molar-refractivity contribution in [2.45, 2.75) is 19.9 Å². The molecule has 0 aliphatic heterocycles. The molecule has 1 amide bonds. The fourth-order valence-electron chi connectivity index (χ4n) is 2.98. The van der Waals surface area contributed by atoms with Gasteiger partial charge in [-0.25, -0.2) is 0 Å². The van der Waals surface area contributed by atoms with Crippen LogP contribution in [0.1, 0.15) is 27.9 Å². The predicted molar refractivity (Wildman–Crippen MR) is 107 cm³/mol. The summed E-state index contributed by atoms with van der Waals surface area (Å²) in [6.45, 7) is 2.48. The molecule has 2 N–H and O–H groups in total. The number of benzene rings is 2. The maximum absolute atomic E-state index is 12.9. The van der Waals surface area contributed by atoms with Crippen molar-refractivity contribution in [1.29, 1.82) is 0 Å². The number of aliphatic hydroxyl groups excluding tert-OH is 1. The van der Waals surface area contributed by atoms with E-state index in [1.165, 1.54) is 0 Å². The first-order chi connectivity index (χ1) is 13.0. The molecule has 0 aliphatic carbocycles. The SMILES string of the molecule is Cc1ccc2[nH]c(=O)c(CN(CCCO)C(=O)c3ccc(Cl)cc3)cc2c1. The highest BCUT2D eigenvalue weighted by Crippen LogP contribution is 2.16. The number of rotatable bonds is 6. The maximum atomic E-state index is 12.9. The van der Waals surface area contributed by atoms with Crippen LogP contribution in [0.25, 0.3) is 10.9 Å². The molecule has 0 aliphatic rings. The van der Waals surface area contributed by atoms with Gasteiger partial charge in [-0.2, -0.15) is 0 Å². The van der Waals surface area contributed by atoms with Gasteiger partial charge in [-0.3, -0.25) is 9.59 Å². The Morgan fingerprint density at radius 1 is 1.15 bits per heavy atom. The number of nitrogens with zero attached hydrogens (tertiary/aromatic N) is 1. The molecule has 27 heavy (non-hydrogen) atoms. The molecule has 1 heterocycles. The van der Waals surface area contributed by atoms with E-state index in [1.54, 1.807) is 29.2 Å². The summed E-state index contributed by atoms with van der Waals surface area (Å²) in [6, 6.07) is 14.3. The van der Waals surface area contributed by atoms with Crippen molar-refractivity contribution in [2.75, 3.05) is 13.2 Å². The minimum absolute atomic E-state index is 0.0301. The van der Waals surface area contributed by atoms with Gasteiger partial charge in [0.05, 0.1) is 6.54 Å². The van der Waals surface area contributed by atoms with E-state index in [0.29, 0.717) is 29.1 Å². The number of halogens is 1. The zero-order valence-electron chi connectivity index (χ0n) is 15.0. The lowest BCUT2D eigenvalue weighted by Crippen LogP contribution is -2.34. The number of hydrogen-bond acceptors (Lipinski definition) is 3. The van der Waals surface area contributed by atoms with E-state index in [4.69, 9.17) is 11.6 Å². The molecule has 0 bridgehead atoms. The number of hydrogen-bond donors (Lipinski definition) is 2. The molecule has 5 nitrogen and oxygen atoms in total. The summed E-state index contributed by atoms with van der Waals surface area (Å²) in [5, 5.41) is 10.6. The Bertz CT molecular complexity index is 1010. The van der Waals surface area contributed by atoms with Crippen LogP contribution in [0.4, 0.5) is 0 Å². The van der Waals surface area contributed by atoms with E-state index in [0.717, 1.165) is 16.5 Å². The number of nitrogens with one attached hydrogen (secondary N) is 1. The van der Waals surface area contributed by atoms with Gasteiger partial charge in [-0.05, 0) is 61.2 Å². The molecule has 0 saturated carbocycles. The first-order valence-electron chi connectivity index (χ1n) is 8.76. The van der Waals surface area contributed by atoms with Gasteiger partial charge in [0.15, 0.2) is 0 Å². The van der Waals surface area contributed by atoms with E-state index >= 15 is 0 Å². The van der Waals surface area contributed by atoms with Gasteiger partial charge in [0.1, 0.15) is 0 Å². The summed E-state index contributed by atoms with van der Waals surface area (Å²) >= 11 is 5.89. The van der Waals surface area contributed by atoms with E-state index in [-0.39, 0.29) is 24.6 Å². The van der Waals surface area contributed by atoms with Crippen molar-refractivity contribution >= 4 is 28.4 Å². The lowest BCUT2D eigenvalue weighted by Gasteiger charge is -2.22. The lowest BCUT2D eigenvalue weighted by molar-refractivity contribution is 0.0731. The first-order valence-corrected chi connectivity index (χ1v) is 9.14. The molecule has 0 unspecified atom stereocenters. The zero-order chi connectivity index (χ0) is 19.4. The van der Waals surface area contributed by atoms with Crippen LogP contribution >= 0.6 is 11.6 Å². The Morgan fingerprint density at radius 3 is 2.59 bits per heavy atom. The second-order valence-electron chi connectivity index (χ2n) is 6.53. The van der Waals surface area contributed by atoms with E-state index in [2.05, 4.69) is 4.98 Å². The van der Waals surface area contributed by atoms with Gasteiger partial charge in [-0.1, -0.05) is 23.2 Å². The summed E-state index contributed by atoms with van der Waals surface area (Å²) in [5.41, 5.74) is 2.64. The highest BCUT2D eigenvalue weighted by atomic mass is 35.5. The largest absolute Gasteiger partial charge is 0.396 e. The maximum Gasteiger partial charge on any atom is 0.254 e. The van der Waals surface area contributed by atoms with Crippen LogP contribution < -0.4 is 5.56 Å². The molecule has 1 aromatic heterocycles. The Kier molecular flexibility index (Phi) is 5.94. The van der Waals surface area contributed by atoms with Gasteiger partial charge in [-0.15, -0.1) is 0 Å². The second-order valence-corrected chi connectivity index (χ2v) is 6.96. The number of amides is 1. The Morgan fingerprint density at radius 2 is 1.89 bits per heavy atom. The third-order valence-corrected chi connectivity index (χ3v) is 4.65. The number of pyridine rings is 1. The highest BCUT2D eigenvalue weighted by molar-refractivity contribution is 6.30. The summed E-state index contributed by atoms with van der Waals surface area (Å²) in [5.74, 6) is -0.205. The van der Waals surface area contributed by atoms with Crippen LogP contribution in [0.2, 0.25) is 5.02 Å². The zero-order valence-corrected chi connectivity index (χ0v) is 15.8. The lowest BCUT2D eigenvalue weighted by atomic mass is 10.1. The average Bonchev–Trinajstić information content (AvgIpc) is 2.66. The van der Waals surface area contributed by atoms with Crippen LogP contribution in [0.3, 0.4) is 0 Å². The molecule has 6 heteroatoms. The van der Waals surface area contributed by atoms with E-state index < -0.39 is 0 Å². The van der Waals surface area contributed by atoms with Gasteiger partial charge in [0.2, 0.25) is 0 Å². The third-order valence-electron chi connectivity index (χ3n) is 4.40. The average molecular weight is 385 g/mol. The molecule has 0 saturated heterocycles. The third kappa shape index (κ3) is 4.56. The molecular weight excluding hydrogens is 364 g/mol. The first kappa shape index (κ1) is 19.1. The smallest absolute Gasteiger partial charge is 0.254 e. The van der Waals surface area contributed by atoms with Crippen molar-refractivity contribution in [3.8, 4) is 0 Å². The normalized spacial score (nSPS) is 10.9. The summed E-state index contributed by atoms with van der Waals surface area (Å²) in [4.78, 5) is 29.8. The van der Waals surface area contributed by atoms with Gasteiger partial charge in [0, 0.05) is 34.8 Å². The quantitative estimate of drug-likeness (QED) is 0.683. The van der Waals surface area contributed by atoms with Crippen molar-refractivity contribution in [3.05, 3.63) is 80.6 Å². The Hall–Kier alpha value is -2.63. The molecular formula is C21H21ClN2O3. The molecule has 0 spiro atoms. The van der Waals surface area contributed by atoms with Crippen LogP contribution in [-0.4, -0.2) is 34.0 Å². The van der Waals surface area contributed by atoms with Crippen molar-refractivity contribution in [2.24, 2.45) is 0 Å². The van der Waals surface area contributed by atoms with Crippen LogP contribution in [0, 0.1) is 6.92 Å². The van der Waals surface area contributed by atoms with E-state index in [1.807, 2.05) is 31.2 Å². The minimum atomic E-state index is -0.218.